The molecule has 0 bridgehead atoms. The molecule has 0 fully saturated rings. The van der Waals surface area contributed by atoms with Crippen LogP contribution in [0.25, 0.3) is 88.9 Å². The van der Waals surface area contributed by atoms with Crippen molar-refractivity contribution in [2.24, 2.45) is 0 Å². The number of hydrogen-bond acceptors (Lipinski definition) is 11. The third-order valence-electron chi connectivity index (χ3n) is 11.5. The number of rotatable bonds is 5. The fraction of sp³-hybridized carbons (Fsp3) is 0. The van der Waals surface area contributed by atoms with Crippen LogP contribution >= 0.6 is 0 Å². The quantitative estimate of drug-likeness (QED) is 0.140. The van der Waals surface area contributed by atoms with Gasteiger partial charge in [0.1, 0.15) is 34.3 Å². The first-order valence-corrected chi connectivity index (χ1v) is 23.9. The molecule has 0 saturated carbocycles. The van der Waals surface area contributed by atoms with Crippen molar-refractivity contribution in [3.63, 3.8) is 0 Å². The Morgan fingerprint density at radius 2 is 0.557 bits per heavy atom. The third-order valence-corrected chi connectivity index (χ3v) is 11.5. The minimum absolute atomic E-state index is 0. The Balaban J connectivity index is 0.000000158. The normalized spacial score (nSPS) is 9.92. The average Bonchev–Trinajstić information content (AvgIpc) is 3.50. The van der Waals surface area contributed by atoms with Crippen LogP contribution in [-0.2, 0) is 60.3 Å². The van der Waals surface area contributed by atoms with E-state index in [9.17, 15) is 20.4 Å². The van der Waals surface area contributed by atoms with Crippen LogP contribution < -0.4 is 5.11 Å². The van der Waals surface area contributed by atoms with Crippen LogP contribution in [0, 0.1) is 18.2 Å². The van der Waals surface area contributed by atoms with Gasteiger partial charge in [0.15, 0.2) is 0 Å². The van der Waals surface area contributed by atoms with E-state index < -0.39 is 0 Å². The van der Waals surface area contributed by atoms with E-state index in [2.05, 4.69) is 89.5 Å². The molecule has 79 heavy (non-hydrogen) atoms. The van der Waals surface area contributed by atoms with Gasteiger partial charge in [-0.1, -0.05) is 84.6 Å². The summed E-state index contributed by atoms with van der Waals surface area (Å²) >= 11 is 0. The topological polar surface area (TPSA) is 174 Å². The van der Waals surface area contributed by atoms with E-state index >= 15 is 0 Å². The van der Waals surface area contributed by atoms with Gasteiger partial charge < -0.3 is 55.5 Å². The standard InChI is InChI=1S/3C15H10N.2C10H8N2O2.3Ir/c3*1-2-7-13(8-3-1)15-14-9-5-4-6-12(14)10-11-16-15;2*13-7-3-1-5-11-9(7)10-8(14)4-2-6-12-10;;;/h3*1-7,9-11H;2*1-6,13-14H;;;/q3*-1;;;;;-3/p-1. The first-order valence-electron chi connectivity index (χ1n) is 23.9. The Morgan fingerprint density at radius 1 is 0.278 bits per heavy atom. The number of fused-ring (bicyclic) bond motifs is 3. The van der Waals surface area contributed by atoms with Crippen LogP contribution in [0.3, 0.4) is 0 Å². The van der Waals surface area contributed by atoms with Gasteiger partial charge in [0, 0.05) is 83.6 Å². The van der Waals surface area contributed by atoms with E-state index in [0.29, 0.717) is 0 Å². The Bertz CT molecular complexity index is 3520. The molecule has 3 N–H and O–H groups in total. The van der Waals surface area contributed by atoms with Crippen molar-refractivity contribution < 1.29 is 80.7 Å². The molecule has 0 spiro atoms. The first-order chi connectivity index (χ1) is 37.4. The SMILES string of the molecule is Oc1cccnc1-c1ncccc1O.[Ir-3].[Ir].[Ir].[O-]c1cccnc1-c1ncccc1O.[c-]1ccccc1-c1nccc2ccccc12.[c-]1ccccc1-c1nccc2ccccc12.[c-]1ccccc1-c1nccc2ccccc12. The molecule has 0 aliphatic heterocycles. The molecule has 0 saturated heterocycles. The molecule has 7 aromatic heterocycles. The van der Waals surface area contributed by atoms with Crippen molar-refractivity contribution in [2.45, 2.75) is 0 Å². The van der Waals surface area contributed by atoms with Gasteiger partial charge in [0.05, 0.1) is 5.69 Å². The summed E-state index contributed by atoms with van der Waals surface area (Å²) in [7, 11) is 0. The van der Waals surface area contributed by atoms with Crippen molar-refractivity contribution in [2.75, 3.05) is 0 Å². The molecule has 0 aliphatic rings. The van der Waals surface area contributed by atoms with Gasteiger partial charge >= 0.3 is 0 Å². The van der Waals surface area contributed by atoms with Crippen molar-refractivity contribution in [3.8, 4) is 79.5 Å². The molecule has 7 heterocycles. The molecule has 0 amide bonds. The Labute approximate surface area is 497 Å². The van der Waals surface area contributed by atoms with Gasteiger partial charge in [-0.25, -0.2) is 0 Å². The van der Waals surface area contributed by atoms with E-state index in [1.54, 1.807) is 24.3 Å². The number of benzene rings is 6. The summed E-state index contributed by atoms with van der Waals surface area (Å²) in [6, 6.07) is 76.6. The maximum Gasteiger partial charge on any atom is 0.143 e. The van der Waals surface area contributed by atoms with Crippen LogP contribution in [0.1, 0.15) is 0 Å². The van der Waals surface area contributed by atoms with Crippen LogP contribution in [-0.4, -0.2) is 50.2 Å². The van der Waals surface area contributed by atoms with Crippen LogP contribution in [0.15, 0.2) is 256 Å². The van der Waals surface area contributed by atoms with E-state index in [1.165, 1.54) is 81.4 Å². The third kappa shape index (κ3) is 15.5. The monoisotopic (exact) mass is 1570 g/mol. The van der Waals surface area contributed by atoms with Crippen molar-refractivity contribution in [3.05, 3.63) is 274 Å². The van der Waals surface area contributed by atoms with Crippen LogP contribution in [0.5, 0.6) is 23.0 Å². The van der Waals surface area contributed by atoms with Crippen molar-refractivity contribution in [1.29, 1.82) is 0 Å². The molecule has 0 unspecified atom stereocenters. The van der Waals surface area contributed by atoms with Gasteiger partial charge in [0.2, 0.25) is 0 Å². The minimum atomic E-state index is -0.249. The molecule has 2 radical (unpaired) electrons. The number of hydrogen-bond donors (Lipinski definition) is 3. The molecule has 6 aromatic carbocycles. The van der Waals surface area contributed by atoms with Gasteiger partial charge in [-0.3, -0.25) is 19.9 Å². The van der Waals surface area contributed by atoms with E-state index in [4.69, 9.17) is 0 Å². The summed E-state index contributed by atoms with van der Waals surface area (Å²) in [4.78, 5) is 29.0. The zero-order chi connectivity index (χ0) is 52.3. The number of pyridine rings is 7. The minimum Gasteiger partial charge on any atom is -3.00 e. The molecule has 13 aromatic rings. The second-order valence-electron chi connectivity index (χ2n) is 16.4. The van der Waals surface area contributed by atoms with Gasteiger partial charge in [-0.2, -0.15) is 0 Å². The maximum atomic E-state index is 11.4. The fourth-order valence-electron chi connectivity index (χ4n) is 7.93. The number of nitrogens with zero attached hydrogens (tertiary/aromatic N) is 7. The zero-order valence-corrected chi connectivity index (χ0v) is 48.8. The molecular formula is C65H45Ir3N7O4-7. The Morgan fingerprint density at radius 3 is 0.861 bits per heavy atom. The molecule has 0 aliphatic carbocycles. The smallest absolute Gasteiger partial charge is 0.143 e. The van der Waals surface area contributed by atoms with E-state index in [0.717, 1.165) is 33.8 Å². The van der Waals surface area contributed by atoms with Crippen molar-refractivity contribution in [1.82, 2.24) is 34.9 Å². The summed E-state index contributed by atoms with van der Waals surface area (Å²) in [6.07, 6.45) is 11.6. The zero-order valence-electron chi connectivity index (χ0n) is 41.6. The largest absolute Gasteiger partial charge is 3.00 e. The summed E-state index contributed by atoms with van der Waals surface area (Å²) in [5, 5.41) is 46.9. The molecule has 398 valence electrons. The summed E-state index contributed by atoms with van der Waals surface area (Å²) in [5.41, 5.74) is 7.08. The first kappa shape index (κ1) is 59.5. The number of aromatic nitrogens is 7. The second-order valence-corrected chi connectivity index (χ2v) is 16.4. The predicted octanol–water partition coefficient (Wildman–Crippen LogP) is 13.6. The Hall–Kier alpha value is -8.70. The molecule has 14 heteroatoms. The van der Waals surface area contributed by atoms with Crippen molar-refractivity contribution >= 4 is 32.3 Å². The van der Waals surface area contributed by atoms with Gasteiger partial charge in [-0.15, -0.1) is 108 Å². The second kappa shape index (κ2) is 30.3. The van der Waals surface area contributed by atoms with Gasteiger partial charge in [-0.05, 0) is 110 Å². The van der Waals surface area contributed by atoms with E-state index in [-0.39, 0.29) is 106 Å². The molecule has 0 atom stereocenters. The summed E-state index contributed by atoms with van der Waals surface area (Å²) in [5.74, 6) is -0.284. The van der Waals surface area contributed by atoms with Crippen LogP contribution in [0.2, 0.25) is 0 Å². The van der Waals surface area contributed by atoms with E-state index in [1.807, 2.05) is 146 Å². The maximum absolute atomic E-state index is 11.4. The molecular weight excluding hydrogens is 1520 g/mol. The number of aromatic hydroxyl groups is 3. The average molecular weight is 1560 g/mol. The van der Waals surface area contributed by atoms with Crippen LogP contribution in [0.4, 0.5) is 0 Å². The summed E-state index contributed by atoms with van der Waals surface area (Å²) in [6.45, 7) is 0. The Kier molecular flexibility index (Phi) is 22.8. The molecule has 11 nitrogen and oxygen atoms in total. The molecule has 13 rings (SSSR count). The summed E-state index contributed by atoms with van der Waals surface area (Å²) < 4.78 is 0. The predicted molar refractivity (Wildman–Crippen MR) is 297 cm³/mol. The van der Waals surface area contributed by atoms with Gasteiger partial charge in [0.25, 0.3) is 0 Å². The fourth-order valence-corrected chi connectivity index (χ4v) is 7.93.